The van der Waals surface area contributed by atoms with Crippen LogP contribution in [0.1, 0.15) is 37.9 Å². The Balaban J connectivity index is 1.06. The predicted molar refractivity (Wildman–Crippen MR) is 262 cm³/mol. The van der Waals surface area contributed by atoms with Crippen LogP contribution >= 0.6 is 23.4 Å². The third-order valence-corrected chi connectivity index (χ3v) is 17.3. The summed E-state index contributed by atoms with van der Waals surface area (Å²) in [6, 6.07) is 32.2. The van der Waals surface area contributed by atoms with Crippen LogP contribution in [0.3, 0.4) is 0 Å². The van der Waals surface area contributed by atoms with E-state index in [1.165, 1.54) is 23.9 Å². The number of anilines is 3. The number of carbonyl (C=O) groups is 1. The van der Waals surface area contributed by atoms with Crippen molar-refractivity contribution in [3.8, 4) is 11.1 Å². The van der Waals surface area contributed by atoms with Gasteiger partial charge in [-0.3, -0.25) is 14.6 Å². The molecule has 0 saturated carbocycles. The monoisotopic (exact) mass is 1030 g/mol. The summed E-state index contributed by atoms with van der Waals surface area (Å²) in [7, 11) is -11.1. The first-order chi connectivity index (χ1) is 32.9. The first kappa shape index (κ1) is 52.1. The Bertz CT molecular complexity index is 2730. The first-order valence-corrected chi connectivity index (χ1v) is 26.6. The second-order valence-corrected chi connectivity index (χ2v) is 22.6. The van der Waals surface area contributed by atoms with Crippen molar-refractivity contribution in [1.82, 2.24) is 9.80 Å². The molecular formula is C49H54ClF4N5O7S3. The molecule has 5 aromatic carbocycles. The molecule has 2 heterocycles. The van der Waals surface area contributed by atoms with Crippen molar-refractivity contribution >= 4 is 66.7 Å². The van der Waals surface area contributed by atoms with Crippen LogP contribution in [0.4, 0.5) is 34.6 Å². The molecule has 12 nitrogen and oxygen atoms in total. The Labute approximate surface area is 409 Å². The maximum atomic E-state index is 14.3. The third-order valence-electron chi connectivity index (χ3n) is 12.5. The maximum absolute atomic E-state index is 14.3. The standard InChI is InChI=1S/C49H54ClF4N5O7S3/c1-34(29-47(67-41-7-3-2-4-8-41)58-27-25-56(26-28-58)32-40(61)31-51)55-45-20-19-42(30-46(45)68(63,64)49(52,53)54)69(65,66)59(33-60)39-17-15-38(16-18-39)57-23-21-36(22-24-57)48(62)44-10-6-5-9-43(44)35-11-13-37(50)14-12-35/h2-20,30,33-34,36,40,47-48,55,61-62H,21-29,31-32H2,1H3/t34?,40-,47-,48?/m1/s1. The molecule has 0 bridgehead atoms. The highest BCUT2D eigenvalue weighted by Crippen LogP contribution is 2.40. The van der Waals surface area contributed by atoms with Gasteiger partial charge in [0.15, 0.2) is 0 Å². The van der Waals surface area contributed by atoms with Gasteiger partial charge in [0.05, 0.1) is 33.9 Å². The molecule has 69 heavy (non-hydrogen) atoms. The molecule has 0 radical (unpaired) electrons. The minimum Gasteiger partial charge on any atom is -0.389 e. The number of aliphatic hydroxyl groups excluding tert-OH is 2. The number of benzene rings is 5. The summed E-state index contributed by atoms with van der Waals surface area (Å²) in [5.74, 6) is -0.0554. The van der Waals surface area contributed by atoms with Crippen LogP contribution in [0.5, 0.6) is 0 Å². The van der Waals surface area contributed by atoms with Crippen LogP contribution in [-0.4, -0.2) is 119 Å². The summed E-state index contributed by atoms with van der Waals surface area (Å²) < 4.78 is 111. The van der Waals surface area contributed by atoms with Crippen molar-refractivity contribution in [1.29, 1.82) is 0 Å². The second-order valence-electron chi connectivity index (χ2n) is 17.2. The Morgan fingerprint density at radius 3 is 2.10 bits per heavy atom. The van der Waals surface area contributed by atoms with E-state index in [9.17, 15) is 49.4 Å². The summed E-state index contributed by atoms with van der Waals surface area (Å²) in [6.45, 7) is 4.26. The fraction of sp³-hybridized carbons (Fsp3) is 0.367. The number of piperidine rings is 1. The molecule has 7 rings (SSSR count). The van der Waals surface area contributed by atoms with Gasteiger partial charge in [-0.15, -0.1) is 11.8 Å². The SMILES string of the molecule is CC(C[C@@H](Sc1ccccc1)N1CCN(C[C@H](O)CF)CC1)Nc1ccc(S(=O)(=O)N(C=O)c2ccc(N3CCC(C(O)c4ccccc4-c4ccc(Cl)cc4)CC3)cc2)cc1S(=O)(=O)C(F)(F)F. The Morgan fingerprint density at radius 2 is 1.48 bits per heavy atom. The fourth-order valence-electron chi connectivity index (χ4n) is 8.82. The summed E-state index contributed by atoms with van der Waals surface area (Å²) in [5, 5.41) is 24.6. The van der Waals surface area contributed by atoms with Crippen molar-refractivity contribution in [2.45, 2.75) is 70.0 Å². The highest BCUT2D eigenvalue weighted by atomic mass is 35.5. The Kier molecular flexibility index (Phi) is 17.0. The van der Waals surface area contributed by atoms with Crippen LogP contribution in [0.2, 0.25) is 5.02 Å². The zero-order chi connectivity index (χ0) is 49.5. The van der Waals surface area contributed by atoms with Crippen molar-refractivity contribution < 1.29 is 49.4 Å². The number of alkyl halides is 4. The van der Waals surface area contributed by atoms with Gasteiger partial charge >= 0.3 is 5.51 Å². The average Bonchev–Trinajstić information content (AvgIpc) is 3.34. The van der Waals surface area contributed by atoms with Gasteiger partial charge in [0.2, 0.25) is 6.41 Å². The van der Waals surface area contributed by atoms with Crippen LogP contribution in [0, 0.1) is 5.92 Å². The molecule has 20 heteroatoms. The first-order valence-electron chi connectivity index (χ1n) is 22.4. The van der Waals surface area contributed by atoms with E-state index in [2.05, 4.69) is 15.1 Å². The summed E-state index contributed by atoms with van der Waals surface area (Å²) in [6.07, 6.45) is -0.266. The number of nitrogens with one attached hydrogen (secondary N) is 1. The Morgan fingerprint density at radius 1 is 0.841 bits per heavy atom. The molecule has 5 aromatic rings. The van der Waals surface area contributed by atoms with Crippen LogP contribution in [0.25, 0.3) is 11.1 Å². The van der Waals surface area contributed by atoms with Crippen molar-refractivity contribution in [2.24, 2.45) is 5.92 Å². The molecule has 370 valence electrons. The number of aliphatic hydroxyl groups is 2. The molecule has 4 atom stereocenters. The topological polar surface area (TPSA) is 151 Å². The number of halogens is 5. The normalized spacial score (nSPS) is 17.5. The number of hydrogen-bond acceptors (Lipinski definition) is 12. The second kappa shape index (κ2) is 22.6. The molecule has 2 aliphatic rings. The smallest absolute Gasteiger partial charge is 0.389 e. The zero-order valence-electron chi connectivity index (χ0n) is 37.6. The molecule has 2 fully saturated rings. The van der Waals surface area contributed by atoms with Crippen molar-refractivity contribution in [3.63, 3.8) is 0 Å². The number of hydrogen-bond donors (Lipinski definition) is 3. The maximum Gasteiger partial charge on any atom is 0.501 e. The van der Waals surface area contributed by atoms with Gasteiger partial charge < -0.3 is 20.4 Å². The number of sulfone groups is 1. The van der Waals surface area contributed by atoms with E-state index in [4.69, 9.17) is 11.6 Å². The summed E-state index contributed by atoms with van der Waals surface area (Å²) >= 11 is 7.62. The molecule has 3 N–H and O–H groups in total. The van der Waals surface area contributed by atoms with Crippen LogP contribution < -0.4 is 14.5 Å². The lowest BCUT2D eigenvalue weighted by Gasteiger charge is -2.40. The molecular weight excluding hydrogens is 978 g/mol. The predicted octanol–water partition coefficient (Wildman–Crippen LogP) is 8.86. The van der Waals surface area contributed by atoms with E-state index < -0.39 is 65.8 Å². The number of rotatable bonds is 19. The van der Waals surface area contributed by atoms with E-state index in [0.717, 1.165) is 33.7 Å². The third kappa shape index (κ3) is 12.4. The highest BCUT2D eigenvalue weighted by molar-refractivity contribution is 7.99. The van der Waals surface area contributed by atoms with Gasteiger partial charge in [-0.05, 0) is 116 Å². The minimum absolute atomic E-state index is 0.00117. The molecule has 1 amide bonds. The lowest BCUT2D eigenvalue weighted by Crippen LogP contribution is -2.51. The fourth-order valence-corrected chi connectivity index (χ4v) is 12.6. The van der Waals surface area contributed by atoms with E-state index in [1.807, 2.05) is 71.6 Å². The average molecular weight is 1030 g/mol. The lowest BCUT2D eigenvalue weighted by atomic mass is 9.84. The van der Waals surface area contributed by atoms with Gasteiger partial charge in [0.25, 0.3) is 19.9 Å². The number of β-amino-alcohol motifs (C(OH)–C–C–N with tert-alkyl or cyclic N) is 1. The van der Waals surface area contributed by atoms with Gasteiger partial charge in [-0.1, -0.05) is 66.2 Å². The lowest BCUT2D eigenvalue weighted by molar-refractivity contribution is -0.106. The van der Waals surface area contributed by atoms with E-state index in [0.29, 0.717) is 79.6 Å². The molecule has 0 aliphatic carbocycles. The Hall–Kier alpha value is -4.73. The molecule has 2 saturated heterocycles. The van der Waals surface area contributed by atoms with Crippen molar-refractivity contribution in [2.75, 3.05) is 67.0 Å². The molecule has 0 aromatic heterocycles. The summed E-state index contributed by atoms with van der Waals surface area (Å²) in [4.78, 5) is 17.4. The van der Waals surface area contributed by atoms with Gasteiger partial charge in [-0.2, -0.15) is 13.2 Å². The minimum atomic E-state index is -6.14. The van der Waals surface area contributed by atoms with Crippen LogP contribution in [0.15, 0.2) is 136 Å². The molecule has 0 spiro atoms. The number of thioether (sulfide) groups is 1. The zero-order valence-corrected chi connectivity index (χ0v) is 40.8. The molecule has 2 unspecified atom stereocenters. The highest BCUT2D eigenvalue weighted by Gasteiger charge is 2.49. The van der Waals surface area contributed by atoms with Gasteiger partial charge in [0, 0.05) is 67.5 Å². The number of amides is 1. The number of sulfonamides is 1. The van der Waals surface area contributed by atoms with E-state index >= 15 is 0 Å². The summed E-state index contributed by atoms with van der Waals surface area (Å²) in [5.41, 5.74) is -3.05. The van der Waals surface area contributed by atoms with E-state index in [-0.39, 0.29) is 29.9 Å². The largest absolute Gasteiger partial charge is 0.501 e. The van der Waals surface area contributed by atoms with Gasteiger partial charge in [0.1, 0.15) is 11.6 Å². The van der Waals surface area contributed by atoms with Gasteiger partial charge in [-0.25, -0.2) is 25.5 Å². The number of nitrogens with zero attached hydrogens (tertiary/aromatic N) is 4. The van der Waals surface area contributed by atoms with E-state index in [1.54, 1.807) is 31.2 Å². The number of piperazine rings is 1. The number of carbonyl (C=O) groups excluding carboxylic acids is 1. The van der Waals surface area contributed by atoms with Crippen molar-refractivity contribution in [3.05, 3.63) is 132 Å². The van der Waals surface area contributed by atoms with Crippen LogP contribution in [-0.2, 0) is 24.7 Å². The molecule has 2 aliphatic heterocycles. The quantitative estimate of drug-likeness (QED) is 0.0412.